The predicted molar refractivity (Wildman–Crippen MR) is 80.0 cm³/mol. The number of rotatable bonds is 3. The summed E-state index contributed by atoms with van der Waals surface area (Å²) in [5, 5.41) is 3.29. The number of benzene rings is 1. The molecule has 0 spiro atoms. The van der Waals surface area contributed by atoms with Crippen molar-refractivity contribution >= 4 is 6.47 Å². The molecule has 20 heavy (non-hydrogen) atoms. The van der Waals surface area contributed by atoms with Crippen molar-refractivity contribution in [3.05, 3.63) is 29.8 Å². The number of nitrogens with one attached hydrogen (secondary N) is 1. The smallest absolute Gasteiger partial charge is 0.293 e. The van der Waals surface area contributed by atoms with Crippen LogP contribution in [-0.4, -0.2) is 31.3 Å². The van der Waals surface area contributed by atoms with Gasteiger partial charge in [0.2, 0.25) is 0 Å². The van der Waals surface area contributed by atoms with Gasteiger partial charge in [0, 0.05) is 6.54 Å². The van der Waals surface area contributed by atoms with E-state index in [1.54, 1.807) is 0 Å². The minimum atomic E-state index is -0.318. The number of para-hydroxylation sites is 1. The summed E-state index contributed by atoms with van der Waals surface area (Å²) < 4.78 is 10.4. The molecule has 1 atom stereocenters. The Bertz CT molecular complexity index is 406. The maximum atomic E-state index is 9.60. The molecule has 4 nitrogen and oxygen atoms in total. The second-order valence-corrected chi connectivity index (χ2v) is 5.82. The molecule has 0 saturated carbocycles. The Hall–Kier alpha value is -1.55. The Morgan fingerprint density at radius 1 is 1.30 bits per heavy atom. The van der Waals surface area contributed by atoms with Gasteiger partial charge in [-0.05, 0) is 52.3 Å². The van der Waals surface area contributed by atoms with Gasteiger partial charge < -0.3 is 14.8 Å². The van der Waals surface area contributed by atoms with Crippen molar-refractivity contribution in [2.75, 3.05) is 13.1 Å². The second kappa shape index (κ2) is 7.90. The molecule has 1 N–H and O–H groups in total. The molecular formula is C16H25NO3. The summed E-state index contributed by atoms with van der Waals surface area (Å²) >= 11 is 0. The normalized spacial score (nSPS) is 17.9. The van der Waals surface area contributed by atoms with Crippen LogP contribution in [-0.2, 0) is 9.53 Å². The lowest BCUT2D eigenvalue weighted by atomic mass is 10.2. The Morgan fingerprint density at radius 2 is 2.00 bits per heavy atom. The fourth-order valence-corrected chi connectivity index (χ4v) is 1.74. The number of hydrogen-bond donors (Lipinski definition) is 1. The number of hydrogen-bond acceptors (Lipinski definition) is 4. The quantitative estimate of drug-likeness (QED) is 0.864. The van der Waals surface area contributed by atoms with Crippen molar-refractivity contribution in [2.24, 2.45) is 0 Å². The van der Waals surface area contributed by atoms with Gasteiger partial charge in [0.1, 0.15) is 17.5 Å². The molecule has 0 bridgehead atoms. The summed E-state index contributed by atoms with van der Waals surface area (Å²) in [5.41, 5.74) is 0.899. The van der Waals surface area contributed by atoms with Crippen LogP contribution in [0.3, 0.4) is 0 Å². The molecule has 112 valence electrons. The largest absolute Gasteiger partial charge is 0.489 e. The highest BCUT2D eigenvalue weighted by Gasteiger charge is 2.16. The highest BCUT2D eigenvalue weighted by molar-refractivity contribution is 5.37. The zero-order valence-corrected chi connectivity index (χ0v) is 12.8. The third kappa shape index (κ3) is 6.57. The van der Waals surface area contributed by atoms with E-state index in [0.29, 0.717) is 12.6 Å². The summed E-state index contributed by atoms with van der Waals surface area (Å²) in [6.07, 6.45) is 1.48. The van der Waals surface area contributed by atoms with Gasteiger partial charge in [0.25, 0.3) is 6.47 Å². The molecule has 2 rings (SSSR count). The van der Waals surface area contributed by atoms with Crippen LogP contribution in [0.4, 0.5) is 0 Å². The Kier molecular flexibility index (Phi) is 6.52. The minimum absolute atomic E-state index is 0.318. The third-order valence-corrected chi connectivity index (χ3v) is 2.80. The van der Waals surface area contributed by atoms with E-state index < -0.39 is 0 Å². The standard InChI is InChI=1S/C11H15NO.C5H10O2/c1-9-4-2-3-5-11(9)13-10-6-7-12-8-10;1-5(2,3)7-4-6/h2-5,10,12H,6-8H2,1H3;4H,1-3H3/t10-;/m0./s1. The van der Waals surface area contributed by atoms with E-state index >= 15 is 0 Å². The average molecular weight is 279 g/mol. The van der Waals surface area contributed by atoms with E-state index in [2.05, 4.69) is 23.0 Å². The van der Waals surface area contributed by atoms with Crippen LogP contribution in [0.1, 0.15) is 32.8 Å². The van der Waals surface area contributed by atoms with Crippen molar-refractivity contribution in [1.82, 2.24) is 5.32 Å². The van der Waals surface area contributed by atoms with E-state index in [9.17, 15) is 4.79 Å². The van der Waals surface area contributed by atoms with Crippen molar-refractivity contribution in [3.63, 3.8) is 0 Å². The first-order valence-corrected chi connectivity index (χ1v) is 6.97. The fraction of sp³-hybridized carbons (Fsp3) is 0.562. The monoisotopic (exact) mass is 279 g/mol. The topological polar surface area (TPSA) is 47.6 Å². The summed E-state index contributed by atoms with van der Waals surface area (Å²) in [6.45, 7) is 10.1. The van der Waals surface area contributed by atoms with E-state index in [1.807, 2.05) is 39.0 Å². The molecule has 1 aliphatic heterocycles. The predicted octanol–water partition coefficient (Wildman–Crippen LogP) is 2.69. The third-order valence-electron chi connectivity index (χ3n) is 2.80. The van der Waals surface area contributed by atoms with E-state index in [0.717, 1.165) is 25.3 Å². The summed E-state index contributed by atoms with van der Waals surface area (Å²) in [7, 11) is 0. The number of carbonyl (C=O) groups excluding carboxylic acids is 1. The SMILES string of the molecule is CC(C)(C)OC=O.Cc1ccccc1O[C@H]1CCNC1. The highest BCUT2D eigenvalue weighted by atomic mass is 16.5. The lowest BCUT2D eigenvalue weighted by Gasteiger charge is -2.14. The molecule has 1 fully saturated rings. The van der Waals surface area contributed by atoms with Gasteiger partial charge in [0.05, 0.1) is 0 Å². The van der Waals surface area contributed by atoms with E-state index in [-0.39, 0.29) is 5.60 Å². The van der Waals surface area contributed by atoms with Gasteiger partial charge in [-0.2, -0.15) is 0 Å². The first kappa shape index (κ1) is 16.5. The van der Waals surface area contributed by atoms with Gasteiger partial charge in [-0.25, -0.2) is 0 Å². The molecule has 0 aliphatic carbocycles. The molecule has 1 aromatic carbocycles. The van der Waals surface area contributed by atoms with Crippen LogP contribution in [0.5, 0.6) is 5.75 Å². The van der Waals surface area contributed by atoms with Gasteiger partial charge in [-0.15, -0.1) is 0 Å². The molecule has 1 heterocycles. The molecule has 0 radical (unpaired) electrons. The highest BCUT2D eigenvalue weighted by Crippen LogP contribution is 2.19. The second-order valence-electron chi connectivity index (χ2n) is 5.82. The number of ether oxygens (including phenoxy) is 2. The lowest BCUT2D eigenvalue weighted by Crippen LogP contribution is -2.19. The van der Waals surface area contributed by atoms with E-state index in [4.69, 9.17) is 4.74 Å². The van der Waals surface area contributed by atoms with Gasteiger partial charge in [0.15, 0.2) is 0 Å². The lowest BCUT2D eigenvalue weighted by molar-refractivity contribution is -0.138. The number of carbonyl (C=O) groups is 1. The van der Waals surface area contributed by atoms with Crippen molar-refractivity contribution in [3.8, 4) is 5.75 Å². The molecule has 0 aromatic heterocycles. The van der Waals surface area contributed by atoms with Gasteiger partial charge in [-0.1, -0.05) is 18.2 Å². The van der Waals surface area contributed by atoms with Gasteiger partial charge >= 0.3 is 0 Å². The zero-order valence-electron chi connectivity index (χ0n) is 12.8. The molecular weight excluding hydrogens is 254 g/mol. The maximum Gasteiger partial charge on any atom is 0.293 e. The average Bonchev–Trinajstić information content (AvgIpc) is 2.84. The Labute approximate surface area is 121 Å². The maximum absolute atomic E-state index is 9.60. The van der Waals surface area contributed by atoms with Crippen LogP contribution in [0, 0.1) is 6.92 Å². The van der Waals surface area contributed by atoms with Crippen LogP contribution in [0.2, 0.25) is 0 Å². The van der Waals surface area contributed by atoms with Crippen LogP contribution >= 0.6 is 0 Å². The Balaban J connectivity index is 0.000000246. The Morgan fingerprint density at radius 3 is 2.45 bits per heavy atom. The van der Waals surface area contributed by atoms with E-state index in [1.165, 1.54) is 5.56 Å². The first-order valence-electron chi connectivity index (χ1n) is 6.97. The van der Waals surface area contributed by atoms with Crippen LogP contribution in [0.25, 0.3) is 0 Å². The minimum Gasteiger partial charge on any atom is -0.489 e. The van der Waals surface area contributed by atoms with Gasteiger partial charge in [-0.3, -0.25) is 4.79 Å². The summed E-state index contributed by atoms with van der Waals surface area (Å²) in [6, 6.07) is 8.17. The molecule has 1 aromatic rings. The fourth-order valence-electron chi connectivity index (χ4n) is 1.74. The van der Waals surface area contributed by atoms with Crippen LogP contribution < -0.4 is 10.1 Å². The number of aryl methyl sites for hydroxylation is 1. The summed E-state index contributed by atoms with van der Waals surface area (Å²) in [4.78, 5) is 9.60. The molecule has 4 heteroatoms. The zero-order chi connectivity index (χ0) is 15.0. The molecule has 0 unspecified atom stereocenters. The van der Waals surface area contributed by atoms with Crippen molar-refractivity contribution in [1.29, 1.82) is 0 Å². The molecule has 1 saturated heterocycles. The molecule has 1 aliphatic rings. The molecule has 0 amide bonds. The van der Waals surface area contributed by atoms with Crippen molar-refractivity contribution in [2.45, 2.75) is 45.8 Å². The first-order chi connectivity index (χ1) is 9.42. The van der Waals surface area contributed by atoms with Crippen LogP contribution in [0.15, 0.2) is 24.3 Å². The van der Waals surface area contributed by atoms with Crippen molar-refractivity contribution < 1.29 is 14.3 Å². The summed E-state index contributed by atoms with van der Waals surface area (Å²) in [5.74, 6) is 1.02.